The van der Waals surface area contributed by atoms with Crippen molar-refractivity contribution in [3.63, 3.8) is 0 Å². The first-order chi connectivity index (χ1) is 14.9. The summed E-state index contributed by atoms with van der Waals surface area (Å²) in [6.07, 6.45) is 7.13. The summed E-state index contributed by atoms with van der Waals surface area (Å²) in [5.41, 5.74) is 1.02. The van der Waals surface area contributed by atoms with Gasteiger partial charge in [0, 0.05) is 32.2 Å². The number of benzene rings is 1. The van der Waals surface area contributed by atoms with Crippen LogP contribution in [0.1, 0.15) is 57.9 Å². The number of likely N-dealkylation sites (tertiary alicyclic amines) is 1. The van der Waals surface area contributed by atoms with Crippen LogP contribution in [0.2, 0.25) is 0 Å². The first-order valence-corrected chi connectivity index (χ1v) is 13.2. The first kappa shape index (κ1) is 24.0. The molecular formula is C23H39N5O2S. The summed E-state index contributed by atoms with van der Waals surface area (Å²) < 4.78 is 27.3. The lowest BCUT2D eigenvalue weighted by atomic mass is 10.0. The number of hydrogen-bond donors (Lipinski definition) is 3. The molecule has 8 heteroatoms. The van der Waals surface area contributed by atoms with Crippen molar-refractivity contribution in [2.24, 2.45) is 10.9 Å². The predicted molar refractivity (Wildman–Crippen MR) is 127 cm³/mol. The molecule has 1 aliphatic carbocycles. The molecule has 1 aromatic rings. The molecule has 174 valence electrons. The maximum atomic E-state index is 12.3. The molecule has 3 rings (SSSR count). The molecule has 2 aliphatic rings. The molecule has 0 aromatic heterocycles. The van der Waals surface area contributed by atoms with Gasteiger partial charge in [-0.3, -0.25) is 9.89 Å². The third kappa shape index (κ3) is 7.47. The van der Waals surface area contributed by atoms with Gasteiger partial charge in [-0.25, -0.2) is 13.1 Å². The number of nitrogens with zero attached hydrogens (tertiary/aromatic N) is 2. The molecule has 1 saturated carbocycles. The third-order valence-electron chi connectivity index (χ3n) is 6.17. The van der Waals surface area contributed by atoms with E-state index in [0.717, 1.165) is 30.9 Å². The van der Waals surface area contributed by atoms with Gasteiger partial charge in [0.05, 0.1) is 4.90 Å². The van der Waals surface area contributed by atoms with Crippen LogP contribution in [-0.2, 0) is 16.6 Å². The molecule has 0 amide bonds. The summed E-state index contributed by atoms with van der Waals surface area (Å²) in [5.74, 6) is 1.34. The van der Waals surface area contributed by atoms with Gasteiger partial charge >= 0.3 is 0 Å². The molecule has 1 heterocycles. The molecule has 1 atom stereocenters. The second-order valence-electron chi connectivity index (χ2n) is 9.11. The Morgan fingerprint density at radius 1 is 1.06 bits per heavy atom. The van der Waals surface area contributed by atoms with E-state index in [2.05, 4.69) is 39.1 Å². The normalized spacial score (nSPS) is 19.8. The van der Waals surface area contributed by atoms with E-state index >= 15 is 0 Å². The third-order valence-corrected chi connectivity index (χ3v) is 7.71. The minimum absolute atomic E-state index is 0.115. The number of nitrogens with one attached hydrogen (secondary N) is 3. The van der Waals surface area contributed by atoms with Crippen LogP contribution in [0.5, 0.6) is 0 Å². The summed E-state index contributed by atoms with van der Waals surface area (Å²) >= 11 is 0. The quantitative estimate of drug-likeness (QED) is 0.399. The Morgan fingerprint density at radius 2 is 1.71 bits per heavy atom. The molecule has 7 nitrogen and oxygen atoms in total. The zero-order valence-electron chi connectivity index (χ0n) is 19.2. The van der Waals surface area contributed by atoms with Crippen LogP contribution in [0.4, 0.5) is 0 Å². The first-order valence-electron chi connectivity index (χ1n) is 11.7. The maximum absolute atomic E-state index is 12.3. The van der Waals surface area contributed by atoms with Crippen LogP contribution in [0.3, 0.4) is 0 Å². The van der Waals surface area contributed by atoms with Gasteiger partial charge in [-0.15, -0.1) is 0 Å². The highest BCUT2D eigenvalue weighted by atomic mass is 32.2. The van der Waals surface area contributed by atoms with Crippen LogP contribution in [0.25, 0.3) is 0 Å². The second-order valence-corrected chi connectivity index (χ2v) is 10.8. The Morgan fingerprint density at radius 3 is 2.26 bits per heavy atom. The lowest BCUT2D eigenvalue weighted by molar-refractivity contribution is 0.161. The fourth-order valence-electron chi connectivity index (χ4n) is 4.10. The maximum Gasteiger partial charge on any atom is 0.240 e. The highest BCUT2D eigenvalue weighted by Crippen LogP contribution is 2.22. The number of rotatable bonds is 9. The molecule has 31 heavy (non-hydrogen) atoms. The highest BCUT2D eigenvalue weighted by molar-refractivity contribution is 7.89. The monoisotopic (exact) mass is 449 g/mol. The topological polar surface area (TPSA) is 85.8 Å². The minimum Gasteiger partial charge on any atom is -0.355 e. The highest BCUT2D eigenvalue weighted by Gasteiger charge is 2.28. The van der Waals surface area contributed by atoms with Crippen molar-refractivity contribution >= 4 is 16.0 Å². The molecule has 0 spiro atoms. The van der Waals surface area contributed by atoms with Gasteiger partial charge in [-0.05, 0) is 62.4 Å². The summed E-state index contributed by atoms with van der Waals surface area (Å²) in [7, 11) is -1.62. The summed E-state index contributed by atoms with van der Waals surface area (Å²) in [6, 6.07) is 7.66. The Hall–Kier alpha value is -1.64. The average molecular weight is 450 g/mol. The van der Waals surface area contributed by atoms with E-state index in [9.17, 15) is 8.42 Å². The largest absolute Gasteiger partial charge is 0.355 e. The number of guanidine groups is 1. The SMILES string of the molecule is CN=C(NCc1ccc(S(=O)(=O)NC2CC2)cc1)NCC(C(C)C)N1CCCCCC1. The second kappa shape index (κ2) is 11.3. The van der Waals surface area contributed by atoms with Crippen molar-refractivity contribution in [2.45, 2.75) is 75.9 Å². The fourth-order valence-corrected chi connectivity index (χ4v) is 5.40. The molecule has 3 N–H and O–H groups in total. The summed E-state index contributed by atoms with van der Waals surface area (Å²) in [4.78, 5) is 7.32. The fraction of sp³-hybridized carbons (Fsp3) is 0.696. The predicted octanol–water partition coefficient (Wildman–Crippen LogP) is 2.69. The lowest BCUT2D eigenvalue weighted by Gasteiger charge is -2.34. The standard InChI is InChI=1S/C23H39N5O2S/c1-18(2)22(28-14-6-4-5-7-15-28)17-26-23(24-3)25-16-19-8-12-21(13-9-19)31(29,30)27-20-10-11-20/h8-9,12-13,18,20,22,27H,4-7,10-11,14-17H2,1-3H3,(H2,24,25,26). The smallest absolute Gasteiger partial charge is 0.240 e. The number of aliphatic imine (C=N–C) groups is 1. The molecule has 0 bridgehead atoms. The molecule has 1 aliphatic heterocycles. The Bertz CT molecular complexity index is 811. The van der Waals surface area contributed by atoms with Crippen LogP contribution in [-0.4, -0.2) is 58.0 Å². The lowest BCUT2D eigenvalue weighted by Crippen LogP contribution is -2.49. The van der Waals surface area contributed by atoms with Gasteiger partial charge in [0.1, 0.15) is 0 Å². The van der Waals surface area contributed by atoms with Gasteiger partial charge in [-0.1, -0.05) is 38.8 Å². The zero-order chi connectivity index (χ0) is 22.3. The van der Waals surface area contributed by atoms with Crippen molar-refractivity contribution < 1.29 is 8.42 Å². The van der Waals surface area contributed by atoms with Gasteiger partial charge in [-0.2, -0.15) is 0 Å². The molecule has 2 fully saturated rings. The van der Waals surface area contributed by atoms with E-state index in [1.165, 1.54) is 38.8 Å². The van der Waals surface area contributed by atoms with Gasteiger partial charge in [0.2, 0.25) is 10.0 Å². The number of hydrogen-bond acceptors (Lipinski definition) is 4. The van der Waals surface area contributed by atoms with Crippen LogP contribution < -0.4 is 15.4 Å². The Labute approximate surface area is 188 Å². The van der Waals surface area contributed by atoms with Gasteiger partial charge in [0.15, 0.2) is 5.96 Å². The van der Waals surface area contributed by atoms with Gasteiger partial charge < -0.3 is 10.6 Å². The van der Waals surface area contributed by atoms with E-state index in [-0.39, 0.29) is 6.04 Å². The van der Waals surface area contributed by atoms with Crippen LogP contribution in [0, 0.1) is 5.92 Å². The van der Waals surface area contributed by atoms with E-state index in [0.29, 0.717) is 23.4 Å². The van der Waals surface area contributed by atoms with Crippen molar-refractivity contribution in [3.8, 4) is 0 Å². The minimum atomic E-state index is -3.40. The van der Waals surface area contributed by atoms with Crippen LogP contribution in [0.15, 0.2) is 34.2 Å². The molecule has 0 radical (unpaired) electrons. The van der Waals surface area contributed by atoms with Crippen LogP contribution >= 0.6 is 0 Å². The summed E-state index contributed by atoms with van der Waals surface area (Å²) in [5, 5.41) is 6.85. The number of sulfonamides is 1. The zero-order valence-corrected chi connectivity index (χ0v) is 20.0. The average Bonchev–Trinajstić information content (AvgIpc) is 3.58. The van der Waals surface area contributed by atoms with Gasteiger partial charge in [0.25, 0.3) is 0 Å². The van der Waals surface area contributed by atoms with Crippen molar-refractivity contribution in [1.82, 2.24) is 20.3 Å². The summed E-state index contributed by atoms with van der Waals surface area (Å²) in [6.45, 7) is 8.40. The van der Waals surface area contributed by atoms with E-state index in [4.69, 9.17) is 0 Å². The van der Waals surface area contributed by atoms with Crippen molar-refractivity contribution in [3.05, 3.63) is 29.8 Å². The van der Waals surface area contributed by atoms with E-state index in [1.807, 2.05) is 12.1 Å². The Balaban J connectivity index is 1.50. The van der Waals surface area contributed by atoms with E-state index in [1.54, 1.807) is 19.2 Å². The van der Waals surface area contributed by atoms with Crippen molar-refractivity contribution in [1.29, 1.82) is 0 Å². The Kier molecular flexibility index (Phi) is 8.75. The molecule has 1 saturated heterocycles. The molecule has 1 aromatic carbocycles. The van der Waals surface area contributed by atoms with Crippen molar-refractivity contribution in [2.75, 3.05) is 26.7 Å². The van der Waals surface area contributed by atoms with E-state index < -0.39 is 10.0 Å². The molecule has 1 unspecified atom stereocenters. The molecular weight excluding hydrogens is 410 g/mol.